The van der Waals surface area contributed by atoms with Crippen molar-refractivity contribution >= 4 is 11.9 Å². The summed E-state index contributed by atoms with van der Waals surface area (Å²) in [6, 6.07) is 0. The van der Waals surface area contributed by atoms with Crippen LogP contribution in [0.15, 0.2) is 0 Å². The zero-order chi connectivity index (χ0) is 16.4. The van der Waals surface area contributed by atoms with Crippen LogP contribution in [0.4, 0.5) is 11.9 Å². The van der Waals surface area contributed by atoms with Crippen LogP contribution in [0.2, 0.25) is 0 Å². The number of aromatic nitrogens is 3. The Bertz CT molecular complexity index is 430. The summed E-state index contributed by atoms with van der Waals surface area (Å²) in [6.45, 7) is 17.0. The summed E-state index contributed by atoms with van der Waals surface area (Å²) in [4.78, 5) is 17.8. The number of hydrogen-bond donors (Lipinski definition) is 0. The van der Waals surface area contributed by atoms with Crippen LogP contribution >= 0.6 is 0 Å². The molecule has 0 fully saturated rings. The van der Waals surface area contributed by atoms with Gasteiger partial charge in [0.25, 0.3) is 0 Å². The molecule has 1 rings (SSSR count). The molecule has 5 heteroatoms. The van der Waals surface area contributed by atoms with E-state index in [1.54, 1.807) is 0 Å². The van der Waals surface area contributed by atoms with Gasteiger partial charge in [-0.2, -0.15) is 15.0 Å². The van der Waals surface area contributed by atoms with E-state index in [0.717, 1.165) is 30.8 Å². The number of rotatable bonds is 4. The Kier molecular flexibility index (Phi) is 5.18. The molecule has 0 N–H and O–H groups in total. The van der Waals surface area contributed by atoms with E-state index in [4.69, 9.17) is 0 Å². The predicted octanol–water partition coefficient (Wildman–Crippen LogP) is 3.14. The van der Waals surface area contributed by atoms with Crippen LogP contribution in [0.25, 0.3) is 0 Å². The molecular formula is C16H31N5. The third-order valence-corrected chi connectivity index (χ3v) is 2.83. The van der Waals surface area contributed by atoms with Gasteiger partial charge in [0.1, 0.15) is 5.82 Å². The van der Waals surface area contributed by atoms with Crippen molar-refractivity contribution in [3.05, 3.63) is 5.82 Å². The van der Waals surface area contributed by atoms with Gasteiger partial charge in [-0.15, -0.1) is 0 Å². The average Bonchev–Trinajstić information content (AvgIpc) is 2.23. The number of nitrogens with zero attached hydrogens (tertiary/aromatic N) is 5. The number of anilines is 2. The van der Waals surface area contributed by atoms with Crippen molar-refractivity contribution in [3.63, 3.8) is 0 Å². The Labute approximate surface area is 129 Å². The molecule has 0 aliphatic rings. The summed E-state index contributed by atoms with van der Waals surface area (Å²) >= 11 is 0. The molecular weight excluding hydrogens is 262 g/mol. The Morgan fingerprint density at radius 1 is 0.714 bits per heavy atom. The predicted molar refractivity (Wildman–Crippen MR) is 90.0 cm³/mol. The third kappa shape index (κ3) is 6.27. The van der Waals surface area contributed by atoms with Gasteiger partial charge >= 0.3 is 0 Å². The molecule has 0 radical (unpaired) electrons. The van der Waals surface area contributed by atoms with Gasteiger partial charge < -0.3 is 9.80 Å². The lowest BCUT2D eigenvalue weighted by atomic mass is 9.96. The molecule has 0 aromatic carbocycles. The lowest BCUT2D eigenvalue weighted by molar-refractivity contribution is 0.413. The van der Waals surface area contributed by atoms with E-state index < -0.39 is 0 Å². The number of aryl methyl sites for hydroxylation is 1. The SMILES string of the molecule is Cc1nc(N(C)CC(C)(C)C)nc(N(C)CC(C)(C)C)n1. The largest absolute Gasteiger partial charge is 0.343 e. The summed E-state index contributed by atoms with van der Waals surface area (Å²) in [7, 11) is 4.07. The zero-order valence-corrected chi connectivity index (χ0v) is 15.2. The highest BCUT2D eigenvalue weighted by Crippen LogP contribution is 2.21. The fourth-order valence-corrected chi connectivity index (χ4v) is 2.36. The summed E-state index contributed by atoms with van der Waals surface area (Å²) in [6.07, 6.45) is 0. The van der Waals surface area contributed by atoms with Gasteiger partial charge in [-0.1, -0.05) is 41.5 Å². The van der Waals surface area contributed by atoms with Crippen LogP contribution in [0, 0.1) is 17.8 Å². The first-order chi connectivity index (χ1) is 9.37. The second-order valence-electron chi connectivity index (χ2n) is 8.32. The van der Waals surface area contributed by atoms with Gasteiger partial charge in [0.05, 0.1) is 0 Å². The van der Waals surface area contributed by atoms with Crippen molar-refractivity contribution in [2.24, 2.45) is 10.8 Å². The topological polar surface area (TPSA) is 45.2 Å². The van der Waals surface area contributed by atoms with Gasteiger partial charge in [-0.3, -0.25) is 0 Å². The molecule has 0 aliphatic carbocycles. The van der Waals surface area contributed by atoms with Crippen molar-refractivity contribution in [1.82, 2.24) is 15.0 Å². The molecule has 1 aromatic heterocycles. The molecule has 0 spiro atoms. The standard InChI is InChI=1S/C16H31N5/c1-12-17-13(20(8)10-15(2,3)4)19-14(18-12)21(9)11-16(5,6)7/h10-11H2,1-9H3. The quantitative estimate of drug-likeness (QED) is 0.853. The van der Waals surface area contributed by atoms with E-state index in [9.17, 15) is 0 Å². The fourth-order valence-electron chi connectivity index (χ4n) is 2.36. The third-order valence-electron chi connectivity index (χ3n) is 2.83. The summed E-state index contributed by atoms with van der Waals surface area (Å²) in [5, 5.41) is 0. The van der Waals surface area contributed by atoms with Gasteiger partial charge in [-0.05, 0) is 17.8 Å². The molecule has 0 atom stereocenters. The molecule has 1 heterocycles. The molecule has 0 saturated heterocycles. The van der Waals surface area contributed by atoms with Crippen LogP contribution in [0.1, 0.15) is 47.4 Å². The molecule has 1 aromatic rings. The van der Waals surface area contributed by atoms with Crippen LogP contribution in [-0.2, 0) is 0 Å². The normalized spacial score (nSPS) is 12.4. The molecule has 120 valence electrons. The van der Waals surface area contributed by atoms with Crippen LogP contribution < -0.4 is 9.80 Å². The van der Waals surface area contributed by atoms with Gasteiger partial charge in [-0.25, -0.2) is 0 Å². The minimum Gasteiger partial charge on any atom is -0.343 e. The van der Waals surface area contributed by atoms with Crippen LogP contribution in [0.3, 0.4) is 0 Å². The lowest BCUT2D eigenvalue weighted by Gasteiger charge is -2.29. The second kappa shape index (κ2) is 6.16. The zero-order valence-electron chi connectivity index (χ0n) is 15.2. The van der Waals surface area contributed by atoms with Gasteiger partial charge in [0.15, 0.2) is 0 Å². The van der Waals surface area contributed by atoms with Crippen molar-refractivity contribution in [1.29, 1.82) is 0 Å². The molecule has 0 aliphatic heterocycles. The van der Waals surface area contributed by atoms with Crippen molar-refractivity contribution in [2.45, 2.75) is 48.5 Å². The molecule has 5 nitrogen and oxygen atoms in total. The first-order valence-corrected chi connectivity index (χ1v) is 7.52. The van der Waals surface area contributed by atoms with E-state index >= 15 is 0 Å². The maximum Gasteiger partial charge on any atom is 0.230 e. The van der Waals surface area contributed by atoms with Gasteiger partial charge in [0.2, 0.25) is 11.9 Å². The smallest absolute Gasteiger partial charge is 0.230 e. The summed E-state index contributed by atoms with van der Waals surface area (Å²) in [5.41, 5.74) is 0.402. The molecule has 0 bridgehead atoms. The highest BCUT2D eigenvalue weighted by atomic mass is 15.3. The Hall–Kier alpha value is -1.39. The van der Waals surface area contributed by atoms with Crippen molar-refractivity contribution in [3.8, 4) is 0 Å². The van der Waals surface area contributed by atoms with Crippen molar-refractivity contribution in [2.75, 3.05) is 37.0 Å². The number of hydrogen-bond acceptors (Lipinski definition) is 5. The molecule has 0 unspecified atom stereocenters. The first kappa shape index (κ1) is 17.7. The van der Waals surface area contributed by atoms with E-state index in [0.29, 0.717) is 0 Å². The molecule has 0 saturated carbocycles. The van der Waals surface area contributed by atoms with Crippen LogP contribution in [0.5, 0.6) is 0 Å². The summed E-state index contributed by atoms with van der Waals surface area (Å²) in [5.74, 6) is 2.25. The maximum atomic E-state index is 4.63. The van der Waals surface area contributed by atoms with E-state index in [2.05, 4.69) is 66.3 Å². The minimum atomic E-state index is 0.201. The van der Waals surface area contributed by atoms with E-state index in [1.165, 1.54) is 0 Å². The average molecular weight is 293 g/mol. The summed E-state index contributed by atoms with van der Waals surface area (Å²) < 4.78 is 0. The molecule has 0 amide bonds. The first-order valence-electron chi connectivity index (χ1n) is 7.52. The van der Waals surface area contributed by atoms with Crippen LogP contribution in [-0.4, -0.2) is 42.1 Å². The highest BCUT2D eigenvalue weighted by molar-refractivity contribution is 5.38. The minimum absolute atomic E-state index is 0.201. The van der Waals surface area contributed by atoms with E-state index in [-0.39, 0.29) is 10.8 Å². The Morgan fingerprint density at radius 2 is 1.05 bits per heavy atom. The lowest BCUT2D eigenvalue weighted by Crippen LogP contribution is -2.33. The maximum absolute atomic E-state index is 4.63. The van der Waals surface area contributed by atoms with Crippen molar-refractivity contribution < 1.29 is 0 Å². The molecule has 21 heavy (non-hydrogen) atoms. The Balaban J connectivity index is 2.99. The second-order valence-corrected chi connectivity index (χ2v) is 8.32. The fraction of sp³-hybridized carbons (Fsp3) is 0.812. The Morgan fingerprint density at radius 3 is 1.33 bits per heavy atom. The monoisotopic (exact) mass is 293 g/mol. The highest BCUT2D eigenvalue weighted by Gasteiger charge is 2.19. The van der Waals surface area contributed by atoms with Gasteiger partial charge in [0, 0.05) is 27.2 Å². The van der Waals surface area contributed by atoms with E-state index in [1.807, 2.05) is 21.0 Å².